The Balaban J connectivity index is 1.65. The molecule has 25 heavy (non-hydrogen) atoms. The predicted octanol–water partition coefficient (Wildman–Crippen LogP) is 0.309. The molecule has 130 valence electrons. The molecule has 4 rings (SSSR count). The van der Waals surface area contributed by atoms with Gasteiger partial charge in [-0.05, 0) is 24.0 Å². The van der Waals surface area contributed by atoms with Crippen molar-refractivity contribution in [2.75, 3.05) is 12.3 Å². The smallest absolute Gasteiger partial charge is 0.274 e. The van der Waals surface area contributed by atoms with Crippen LogP contribution in [-0.4, -0.2) is 42.2 Å². The van der Waals surface area contributed by atoms with Crippen molar-refractivity contribution in [2.24, 2.45) is 0 Å². The van der Waals surface area contributed by atoms with Crippen molar-refractivity contribution in [1.29, 1.82) is 0 Å². The summed E-state index contributed by atoms with van der Waals surface area (Å²) in [6, 6.07) is 10.1. The molecule has 1 unspecified atom stereocenters. The van der Waals surface area contributed by atoms with E-state index < -0.39 is 0 Å². The first-order valence-electron chi connectivity index (χ1n) is 8.30. The molecule has 1 atom stereocenters. The molecule has 1 aliphatic rings. The van der Waals surface area contributed by atoms with E-state index in [1.54, 1.807) is 0 Å². The number of hydrogen-bond acceptors (Lipinski definition) is 6. The second-order valence-electron chi connectivity index (χ2n) is 6.37. The first-order chi connectivity index (χ1) is 12.1. The van der Waals surface area contributed by atoms with Crippen LogP contribution in [0.5, 0.6) is 0 Å². The highest BCUT2D eigenvalue weighted by Crippen LogP contribution is 2.26. The summed E-state index contributed by atoms with van der Waals surface area (Å²) >= 11 is 0. The SMILES string of the molecule is Nc1nc2nc(CN3Cc4ccccc4CC3CCO)cc(=O)n2[nH]1. The standard InChI is InChI=1S/C17H20N6O2/c18-16-20-17-19-13(8-15(25)23(17)21-16)10-22-9-12-4-2-1-3-11(12)7-14(22)5-6-24/h1-4,8,14,24H,5-7,9-10H2,(H3,18,19,20,21). The molecular weight excluding hydrogens is 320 g/mol. The van der Waals surface area contributed by atoms with Gasteiger partial charge in [-0.2, -0.15) is 9.50 Å². The van der Waals surface area contributed by atoms with E-state index in [4.69, 9.17) is 5.73 Å². The lowest BCUT2D eigenvalue weighted by Crippen LogP contribution is -2.40. The van der Waals surface area contributed by atoms with Crippen molar-refractivity contribution < 1.29 is 5.11 Å². The minimum Gasteiger partial charge on any atom is -0.396 e. The Morgan fingerprint density at radius 2 is 2.08 bits per heavy atom. The number of nitrogens with two attached hydrogens (primary N) is 1. The van der Waals surface area contributed by atoms with Crippen LogP contribution in [-0.2, 0) is 19.5 Å². The Kier molecular flexibility index (Phi) is 3.98. The van der Waals surface area contributed by atoms with Crippen molar-refractivity contribution >= 4 is 11.7 Å². The van der Waals surface area contributed by atoms with E-state index in [0.717, 1.165) is 13.0 Å². The molecule has 0 spiro atoms. The van der Waals surface area contributed by atoms with E-state index in [2.05, 4.69) is 32.1 Å². The van der Waals surface area contributed by atoms with Crippen molar-refractivity contribution in [1.82, 2.24) is 24.5 Å². The molecule has 3 aromatic rings. The Hall–Kier alpha value is -2.71. The second kappa shape index (κ2) is 6.30. The zero-order valence-corrected chi connectivity index (χ0v) is 13.7. The van der Waals surface area contributed by atoms with Gasteiger partial charge in [0.05, 0.1) is 5.69 Å². The van der Waals surface area contributed by atoms with Crippen LogP contribution in [0, 0.1) is 0 Å². The minimum atomic E-state index is -0.236. The number of nitrogens with zero attached hydrogens (tertiary/aromatic N) is 4. The maximum absolute atomic E-state index is 12.2. The fourth-order valence-corrected chi connectivity index (χ4v) is 3.49. The average molecular weight is 340 g/mol. The molecule has 8 nitrogen and oxygen atoms in total. The van der Waals surface area contributed by atoms with E-state index in [-0.39, 0.29) is 29.9 Å². The third-order valence-corrected chi connectivity index (χ3v) is 4.69. The van der Waals surface area contributed by atoms with Gasteiger partial charge in [0.1, 0.15) is 0 Å². The molecule has 0 radical (unpaired) electrons. The number of nitrogen functional groups attached to an aromatic ring is 1. The quantitative estimate of drug-likeness (QED) is 0.630. The number of hydrogen-bond donors (Lipinski definition) is 3. The Labute approximate surface area is 143 Å². The van der Waals surface area contributed by atoms with Gasteiger partial charge in [-0.25, -0.2) is 4.98 Å². The largest absolute Gasteiger partial charge is 0.396 e. The van der Waals surface area contributed by atoms with E-state index in [9.17, 15) is 9.90 Å². The van der Waals surface area contributed by atoms with E-state index >= 15 is 0 Å². The van der Waals surface area contributed by atoms with Gasteiger partial charge in [0.15, 0.2) is 0 Å². The first kappa shape index (κ1) is 15.8. The van der Waals surface area contributed by atoms with Crippen LogP contribution in [0.25, 0.3) is 5.78 Å². The second-order valence-corrected chi connectivity index (χ2v) is 6.37. The van der Waals surface area contributed by atoms with Crippen LogP contribution < -0.4 is 11.3 Å². The van der Waals surface area contributed by atoms with Crippen LogP contribution in [0.1, 0.15) is 23.2 Å². The van der Waals surface area contributed by atoms with Gasteiger partial charge in [0.2, 0.25) is 5.95 Å². The van der Waals surface area contributed by atoms with Crippen LogP contribution in [0.3, 0.4) is 0 Å². The molecule has 0 saturated heterocycles. The predicted molar refractivity (Wildman–Crippen MR) is 92.9 cm³/mol. The summed E-state index contributed by atoms with van der Waals surface area (Å²) in [6.45, 7) is 1.43. The summed E-state index contributed by atoms with van der Waals surface area (Å²) in [6.07, 6.45) is 1.57. The maximum atomic E-state index is 12.2. The van der Waals surface area contributed by atoms with Crippen molar-refractivity contribution in [3.05, 3.63) is 57.5 Å². The lowest BCUT2D eigenvalue weighted by molar-refractivity contribution is 0.128. The molecule has 3 heterocycles. The fourth-order valence-electron chi connectivity index (χ4n) is 3.49. The summed E-state index contributed by atoms with van der Waals surface area (Å²) in [7, 11) is 0. The number of benzene rings is 1. The van der Waals surface area contributed by atoms with Gasteiger partial charge in [-0.1, -0.05) is 24.3 Å². The average Bonchev–Trinajstić information content (AvgIpc) is 2.96. The van der Waals surface area contributed by atoms with Gasteiger partial charge >= 0.3 is 0 Å². The van der Waals surface area contributed by atoms with Gasteiger partial charge < -0.3 is 10.8 Å². The molecule has 4 N–H and O–H groups in total. The zero-order valence-electron chi connectivity index (χ0n) is 13.7. The highest BCUT2D eigenvalue weighted by molar-refractivity contribution is 5.34. The summed E-state index contributed by atoms with van der Waals surface area (Å²) in [5.74, 6) is 0.433. The first-order valence-corrected chi connectivity index (χ1v) is 8.30. The third-order valence-electron chi connectivity index (χ3n) is 4.69. The number of aliphatic hydroxyl groups excluding tert-OH is 1. The molecule has 0 amide bonds. The number of aliphatic hydroxyl groups is 1. The molecule has 1 aromatic carbocycles. The lowest BCUT2D eigenvalue weighted by atomic mass is 9.92. The molecule has 0 aliphatic carbocycles. The molecule has 1 aliphatic heterocycles. The van der Waals surface area contributed by atoms with Crippen LogP contribution in [0.15, 0.2) is 35.1 Å². The van der Waals surface area contributed by atoms with E-state index in [1.807, 2.05) is 12.1 Å². The number of anilines is 1. The van der Waals surface area contributed by atoms with E-state index in [0.29, 0.717) is 18.7 Å². The summed E-state index contributed by atoms with van der Waals surface area (Å²) < 4.78 is 1.23. The number of nitrogens with one attached hydrogen (secondary N) is 1. The Morgan fingerprint density at radius 1 is 1.28 bits per heavy atom. The van der Waals surface area contributed by atoms with Crippen LogP contribution >= 0.6 is 0 Å². The topological polar surface area (TPSA) is 113 Å². The fraction of sp³-hybridized carbons (Fsp3) is 0.353. The normalized spacial score (nSPS) is 17.7. The van der Waals surface area contributed by atoms with E-state index in [1.165, 1.54) is 21.7 Å². The highest BCUT2D eigenvalue weighted by Gasteiger charge is 2.26. The number of rotatable bonds is 4. The van der Waals surface area contributed by atoms with Gasteiger partial charge in [-0.15, -0.1) is 0 Å². The third kappa shape index (κ3) is 3.01. The maximum Gasteiger partial charge on any atom is 0.274 e. The molecule has 0 fully saturated rings. The van der Waals surface area contributed by atoms with Gasteiger partial charge in [0.25, 0.3) is 11.3 Å². The number of H-pyrrole nitrogens is 1. The van der Waals surface area contributed by atoms with Crippen molar-refractivity contribution in [3.63, 3.8) is 0 Å². The minimum absolute atomic E-state index is 0.133. The Morgan fingerprint density at radius 3 is 2.88 bits per heavy atom. The number of aromatic nitrogens is 4. The molecular formula is C17H20N6O2. The highest BCUT2D eigenvalue weighted by atomic mass is 16.3. The Bertz CT molecular complexity index is 963. The lowest BCUT2D eigenvalue weighted by Gasteiger charge is -2.36. The molecule has 2 aromatic heterocycles. The summed E-state index contributed by atoms with van der Waals surface area (Å²) in [4.78, 5) is 22.9. The van der Waals surface area contributed by atoms with Crippen LogP contribution in [0.4, 0.5) is 5.95 Å². The van der Waals surface area contributed by atoms with Gasteiger partial charge in [0, 0.05) is 31.8 Å². The van der Waals surface area contributed by atoms with Crippen LogP contribution in [0.2, 0.25) is 0 Å². The molecule has 0 bridgehead atoms. The molecule has 0 saturated carbocycles. The number of aromatic amines is 1. The zero-order chi connectivity index (χ0) is 17.4. The van der Waals surface area contributed by atoms with Crippen molar-refractivity contribution in [3.8, 4) is 0 Å². The van der Waals surface area contributed by atoms with Gasteiger partial charge in [-0.3, -0.25) is 14.8 Å². The summed E-state index contributed by atoms with van der Waals surface area (Å²) in [5, 5.41) is 12.1. The molecule has 8 heteroatoms. The summed E-state index contributed by atoms with van der Waals surface area (Å²) in [5.41, 5.74) is 8.62. The van der Waals surface area contributed by atoms with Crippen molar-refractivity contribution in [2.45, 2.75) is 32.0 Å². The number of fused-ring (bicyclic) bond motifs is 2. The monoisotopic (exact) mass is 340 g/mol.